The number of nitrogens with two attached hydrogens (primary N) is 1. The van der Waals surface area contributed by atoms with Crippen molar-refractivity contribution >= 4 is 16.3 Å². The largest absolute Gasteiger partial charge is 0.434 e. The number of aromatic nitrogens is 2. The van der Waals surface area contributed by atoms with Crippen molar-refractivity contribution in [3.05, 3.63) is 47.4 Å². The first-order valence-electron chi connectivity index (χ1n) is 5.36. The van der Waals surface area contributed by atoms with Crippen molar-refractivity contribution in [3.8, 4) is 11.6 Å². The average molecular weight is 263 g/mol. The van der Waals surface area contributed by atoms with Crippen LogP contribution in [0.3, 0.4) is 0 Å². The standard InChI is InChI=1S/C12H10FN3OS/c13-8-3-1-2-4-10(8)17-11-9(7-14)16-5-6-18-12(16)15-11/h1-6H,7,14H2. The van der Waals surface area contributed by atoms with Gasteiger partial charge in [-0.2, -0.15) is 4.98 Å². The van der Waals surface area contributed by atoms with Gasteiger partial charge in [0.25, 0.3) is 0 Å². The van der Waals surface area contributed by atoms with Gasteiger partial charge in [0.1, 0.15) is 5.69 Å². The van der Waals surface area contributed by atoms with Crippen LogP contribution in [0.1, 0.15) is 5.69 Å². The first-order valence-corrected chi connectivity index (χ1v) is 6.24. The Hall–Kier alpha value is -1.92. The number of rotatable bonds is 3. The van der Waals surface area contributed by atoms with E-state index in [1.54, 1.807) is 18.2 Å². The van der Waals surface area contributed by atoms with E-state index in [0.29, 0.717) is 5.88 Å². The van der Waals surface area contributed by atoms with Crippen LogP contribution in [-0.2, 0) is 6.54 Å². The van der Waals surface area contributed by atoms with Crippen LogP contribution >= 0.6 is 11.3 Å². The Labute approximate surface area is 106 Å². The third kappa shape index (κ3) is 1.75. The summed E-state index contributed by atoms with van der Waals surface area (Å²) in [6.07, 6.45) is 1.86. The lowest BCUT2D eigenvalue weighted by Gasteiger charge is -2.05. The van der Waals surface area contributed by atoms with Crippen molar-refractivity contribution in [2.24, 2.45) is 5.73 Å². The Bertz CT molecular complexity index is 692. The molecule has 0 atom stereocenters. The molecule has 0 aliphatic carbocycles. The van der Waals surface area contributed by atoms with Gasteiger partial charge in [-0.25, -0.2) is 4.39 Å². The number of nitrogens with zero attached hydrogens (tertiary/aromatic N) is 2. The van der Waals surface area contributed by atoms with E-state index < -0.39 is 5.82 Å². The maximum Gasteiger partial charge on any atom is 0.243 e. The van der Waals surface area contributed by atoms with Crippen molar-refractivity contribution in [3.63, 3.8) is 0 Å². The number of benzene rings is 1. The highest BCUT2D eigenvalue weighted by Gasteiger charge is 2.15. The summed E-state index contributed by atoms with van der Waals surface area (Å²) in [5, 5.41) is 1.91. The molecule has 2 heterocycles. The predicted octanol–water partition coefficient (Wildman–Crippen LogP) is 2.79. The van der Waals surface area contributed by atoms with Gasteiger partial charge < -0.3 is 10.5 Å². The first kappa shape index (κ1) is 11.2. The maximum absolute atomic E-state index is 13.5. The second-order valence-electron chi connectivity index (χ2n) is 3.66. The number of imidazole rings is 1. The maximum atomic E-state index is 13.5. The third-order valence-electron chi connectivity index (χ3n) is 2.56. The third-order valence-corrected chi connectivity index (χ3v) is 3.32. The van der Waals surface area contributed by atoms with E-state index in [-0.39, 0.29) is 12.3 Å². The molecule has 0 aliphatic rings. The first-order chi connectivity index (χ1) is 8.79. The van der Waals surface area contributed by atoms with Gasteiger partial charge in [-0.3, -0.25) is 4.40 Å². The smallest absolute Gasteiger partial charge is 0.243 e. The van der Waals surface area contributed by atoms with Crippen LogP contribution in [0.2, 0.25) is 0 Å². The van der Waals surface area contributed by atoms with Gasteiger partial charge in [0, 0.05) is 18.1 Å². The Morgan fingerprint density at radius 1 is 1.39 bits per heavy atom. The molecule has 0 unspecified atom stereocenters. The average Bonchev–Trinajstić information content (AvgIpc) is 2.92. The normalized spacial score (nSPS) is 11.0. The molecule has 18 heavy (non-hydrogen) atoms. The lowest BCUT2D eigenvalue weighted by atomic mass is 10.3. The van der Waals surface area contributed by atoms with Crippen molar-refractivity contribution in [2.75, 3.05) is 0 Å². The van der Waals surface area contributed by atoms with Gasteiger partial charge in [0.15, 0.2) is 16.5 Å². The minimum absolute atomic E-state index is 0.151. The zero-order valence-electron chi connectivity index (χ0n) is 9.34. The summed E-state index contributed by atoms with van der Waals surface area (Å²) < 4.78 is 20.8. The molecule has 0 bridgehead atoms. The summed E-state index contributed by atoms with van der Waals surface area (Å²) in [7, 11) is 0. The molecule has 1 aromatic carbocycles. The highest BCUT2D eigenvalue weighted by Crippen LogP contribution is 2.28. The summed E-state index contributed by atoms with van der Waals surface area (Å²) in [5.74, 6) is 0.0872. The molecule has 4 nitrogen and oxygen atoms in total. The summed E-state index contributed by atoms with van der Waals surface area (Å²) in [6, 6.07) is 6.22. The molecular weight excluding hydrogens is 253 g/mol. The molecule has 2 aromatic heterocycles. The molecule has 3 aromatic rings. The molecule has 92 valence electrons. The lowest BCUT2D eigenvalue weighted by Crippen LogP contribution is -2.02. The molecule has 0 fully saturated rings. The molecule has 3 rings (SSSR count). The van der Waals surface area contributed by atoms with E-state index in [0.717, 1.165) is 10.7 Å². The molecule has 0 saturated carbocycles. The molecular formula is C12H10FN3OS. The Morgan fingerprint density at radius 2 is 2.22 bits per heavy atom. The van der Waals surface area contributed by atoms with E-state index in [4.69, 9.17) is 10.5 Å². The second kappa shape index (κ2) is 4.40. The molecule has 0 saturated heterocycles. The number of ether oxygens (including phenoxy) is 1. The van der Waals surface area contributed by atoms with Crippen molar-refractivity contribution in [1.29, 1.82) is 0 Å². The van der Waals surface area contributed by atoms with Crippen LogP contribution in [-0.4, -0.2) is 9.38 Å². The topological polar surface area (TPSA) is 52.5 Å². The van der Waals surface area contributed by atoms with Gasteiger partial charge in [0.2, 0.25) is 5.88 Å². The molecule has 0 radical (unpaired) electrons. The van der Waals surface area contributed by atoms with Crippen LogP contribution in [0.4, 0.5) is 4.39 Å². The van der Waals surface area contributed by atoms with Crippen LogP contribution in [0.25, 0.3) is 4.96 Å². The van der Waals surface area contributed by atoms with E-state index >= 15 is 0 Å². The zero-order valence-corrected chi connectivity index (χ0v) is 10.2. The van der Waals surface area contributed by atoms with Crippen LogP contribution in [0.15, 0.2) is 35.8 Å². The van der Waals surface area contributed by atoms with Crippen LogP contribution < -0.4 is 10.5 Å². The monoisotopic (exact) mass is 263 g/mol. The number of fused-ring (bicyclic) bond motifs is 1. The van der Waals surface area contributed by atoms with E-state index in [1.165, 1.54) is 17.4 Å². The second-order valence-corrected chi connectivity index (χ2v) is 4.53. The minimum atomic E-state index is -0.420. The van der Waals surface area contributed by atoms with Crippen LogP contribution in [0.5, 0.6) is 11.6 Å². The number of thiazole rings is 1. The molecule has 0 aliphatic heterocycles. The predicted molar refractivity (Wildman–Crippen MR) is 67.4 cm³/mol. The number of hydrogen-bond donors (Lipinski definition) is 1. The molecule has 0 spiro atoms. The molecule has 6 heteroatoms. The Balaban J connectivity index is 2.04. The lowest BCUT2D eigenvalue weighted by molar-refractivity contribution is 0.425. The van der Waals surface area contributed by atoms with Gasteiger partial charge in [-0.1, -0.05) is 12.1 Å². The quantitative estimate of drug-likeness (QED) is 0.790. The fourth-order valence-corrected chi connectivity index (χ4v) is 2.44. The van der Waals surface area contributed by atoms with E-state index in [1.807, 2.05) is 16.0 Å². The van der Waals surface area contributed by atoms with Crippen molar-refractivity contribution in [2.45, 2.75) is 6.54 Å². The number of halogens is 1. The van der Waals surface area contributed by atoms with E-state index in [2.05, 4.69) is 4.98 Å². The van der Waals surface area contributed by atoms with Gasteiger partial charge in [-0.05, 0) is 12.1 Å². The van der Waals surface area contributed by atoms with Gasteiger partial charge >= 0.3 is 0 Å². The van der Waals surface area contributed by atoms with Gasteiger partial charge in [-0.15, -0.1) is 11.3 Å². The minimum Gasteiger partial charge on any atom is -0.434 e. The highest BCUT2D eigenvalue weighted by molar-refractivity contribution is 7.15. The zero-order chi connectivity index (χ0) is 12.5. The van der Waals surface area contributed by atoms with Crippen molar-refractivity contribution < 1.29 is 9.13 Å². The summed E-state index contributed by atoms with van der Waals surface area (Å²) in [4.78, 5) is 5.07. The number of para-hydroxylation sites is 1. The fourth-order valence-electron chi connectivity index (χ4n) is 1.71. The molecule has 2 N–H and O–H groups in total. The highest BCUT2D eigenvalue weighted by atomic mass is 32.1. The van der Waals surface area contributed by atoms with Crippen molar-refractivity contribution in [1.82, 2.24) is 9.38 Å². The fraction of sp³-hybridized carbons (Fsp3) is 0.0833. The summed E-state index contributed by atoms with van der Waals surface area (Å²) in [5.41, 5.74) is 6.41. The molecule has 0 amide bonds. The van der Waals surface area contributed by atoms with Crippen LogP contribution in [0, 0.1) is 5.82 Å². The van der Waals surface area contributed by atoms with E-state index in [9.17, 15) is 4.39 Å². The SMILES string of the molecule is NCc1c(Oc2ccccc2F)nc2sccn12. The summed E-state index contributed by atoms with van der Waals surface area (Å²) in [6.45, 7) is 0.279. The Kier molecular flexibility index (Phi) is 2.73. The van der Waals surface area contributed by atoms with Gasteiger partial charge in [0.05, 0.1) is 0 Å². The Morgan fingerprint density at radius 3 is 3.00 bits per heavy atom. The summed E-state index contributed by atoms with van der Waals surface area (Å²) >= 11 is 1.47. The number of hydrogen-bond acceptors (Lipinski definition) is 4.